The van der Waals surface area contributed by atoms with E-state index in [9.17, 15) is 13.2 Å². The van der Waals surface area contributed by atoms with Gasteiger partial charge in [-0.25, -0.2) is 13.1 Å². The number of sulfonamides is 1. The van der Waals surface area contributed by atoms with Gasteiger partial charge < -0.3 is 15.8 Å². The van der Waals surface area contributed by atoms with E-state index in [0.29, 0.717) is 5.56 Å². The molecule has 0 spiro atoms. The molecule has 1 saturated carbocycles. The third-order valence-corrected chi connectivity index (χ3v) is 5.89. The van der Waals surface area contributed by atoms with Crippen LogP contribution in [0, 0.1) is 0 Å². The van der Waals surface area contributed by atoms with E-state index >= 15 is 0 Å². The van der Waals surface area contributed by atoms with Crippen LogP contribution in [0.5, 0.6) is 5.75 Å². The molecule has 2 rings (SSSR count). The van der Waals surface area contributed by atoms with Gasteiger partial charge in [-0.1, -0.05) is 0 Å². The van der Waals surface area contributed by atoms with Crippen LogP contribution in [0.15, 0.2) is 23.1 Å². The Labute approximate surface area is 149 Å². The van der Waals surface area contributed by atoms with Crippen molar-refractivity contribution in [3.05, 3.63) is 23.8 Å². The molecule has 4 N–H and O–H groups in total. The van der Waals surface area contributed by atoms with Crippen molar-refractivity contribution in [2.75, 3.05) is 7.11 Å². The molecule has 0 aliphatic heterocycles. The molecule has 0 saturated heterocycles. The first-order chi connectivity index (χ1) is 11.7. The summed E-state index contributed by atoms with van der Waals surface area (Å²) >= 11 is 0. The summed E-state index contributed by atoms with van der Waals surface area (Å²) in [6.45, 7) is 3.46. The third-order valence-electron chi connectivity index (χ3n) is 4.21. The minimum atomic E-state index is -3.77. The van der Waals surface area contributed by atoms with E-state index < -0.39 is 10.0 Å². The number of ether oxygens (including phenoxy) is 1. The molecule has 0 bridgehead atoms. The average Bonchev–Trinajstić information content (AvgIpc) is 2.55. The number of hydrogen-bond acceptors (Lipinski definition) is 5. The molecule has 0 atom stereocenters. The second-order valence-corrected chi connectivity index (χ2v) is 8.41. The second-order valence-electron chi connectivity index (χ2n) is 6.73. The monoisotopic (exact) mass is 369 g/mol. The lowest BCUT2D eigenvalue weighted by Crippen LogP contribution is -2.40. The molecule has 1 aliphatic rings. The number of benzene rings is 1. The van der Waals surface area contributed by atoms with Gasteiger partial charge in [-0.05, 0) is 57.7 Å². The lowest BCUT2D eigenvalue weighted by Gasteiger charge is -2.26. The SMILES string of the molecule is COc1ccc(C(=O)NC2CCC(N)CC2)cc1S(=O)(=O)NC(C)C. The number of nitrogens with two attached hydrogens (primary N) is 1. The molecule has 0 aromatic heterocycles. The topological polar surface area (TPSA) is 111 Å². The van der Waals surface area contributed by atoms with Crippen molar-refractivity contribution in [1.82, 2.24) is 10.0 Å². The molecule has 1 aliphatic carbocycles. The second kappa shape index (κ2) is 8.16. The Morgan fingerprint density at radius 3 is 2.44 bits per heavy atom. The first-order valence-electron chi connectivity index (χ1n) is 8.49. The molecule has 140 valence electrons. The van der Waals surface area contributed by atoms with Gasteiger partial charge in [-0.2, -0.15) is 0 Å². The van der Waals surface area contributed by atoms with Crippen LogP contribution in [0.2, 0.25) is 0 Å². The molecule has 1 amide bonds. The minimum Gasteiger partial charge on any atom is -0.495 e. The molecule has 0 heterocycles. The molecular formula is C17H27N3O4S. The predicted molar refractivity (Wildman–Crippen MR) is 96.1 cm³/mol. The van der Waals surface area contributed by atoms with Crippen molar-refractivity contribution in [2.45, 2.75) is 62.6 Å². The number of carbonyl (C=O) groups is 1. The Bertz CT molecular complexity index is 711. The highest BCUT2D eigenvalue weighted by atomic mass is 32.2. The quantitative estimate of drug-likeness (QED) is 0.702. The maximum atomic E-state index is 12.5. The van der Waals surface area contributed by atoms with Crippen LogP contribution in [0.1, 0.15) is 49.9 Å². The minimum absolute atomic E-state index is 0.0398. The Balaban J connectivity index is 2.21. The molecule has 0 radical (unpaired) electrons. The van der Waals surface area contributed by atoms with Crippen LogP contribution in [0.4, 0.5) is 0 Å². The van der Waals surface area contributed by atoms with Gasteiger partial charge in [0.15, 0.2) is 0 Å². The van der Waals surface area contributed by atoms with Crippen LogP contribution in [0.25, 0.3) is 0 Å². The van der Waals surface area contributed by atoms with Crippen LogP contribution < -0.4 is 20.5 Å². The lowest BCUT2D eigenvalue weighted by molar-refractivity contribution is 0.0925. The standard InChI is InChI=1S/C17H27N3O4S/c1-11(2)20-25(22,23)16-10-12(4-9-15(16)24-3)17(21)19-14-7-5-13(18)6-8-14/h4,9-11,13-14,20H,5-8,18H2,1-3H3,(H,19,21). The zero-order valence-electron chi connectivity index (χ0n) is 14.9. The van der Waals surface area contributed by atoms with Crippen molar-refractivity contribution >= 4 is 15.9 Å². The summed E-state index contributed by atoms with van der Waals surface area (Å²) < 4.78 is 32.6. The summed E-state index contributed by atoms with van der Waals surface area (Å²) in [6, 6.07) is 4.43. The van der Waals surface area contributed by atoms with Gasteiger partial charge in [0.05, 0.1) is 7.11 Å². The Morgan fingerprint density at radius 1 is 1.24 bits per heavy atom. The fourth-order valence-corrected chi connectivity index (χ4v) is 4.38. The van der Waals surface area contributed by atoms with E-state index in [4.69, 9.17) is 10.5 Å². The van der Waals surface area contributed by atoms with E-state index in [1.165, 1.54) is 19.2 Å². The lowest BCUT2D eigenvalue weighted by atomic mass is 9.91. The molecule has 25 heavy (non-hydrogen) atoms. The largest absolute Gasteiger partial charge is 0.495 e. The van der Waals surface area contributed by atoms with Crippen LogP contribution in [0.3, 0.4) is 0 Å². The van der Waals surface area contributed by atoms with Crippen LogP contribution in [-0.2, 0) is 10.0 Å². The number of amides is 1. The zero-order valence-corrected chi connectivity index (χ0v) is 15.7. The van der Waals surface area contributed by atoms with Crippen molar-refractivity contribution in [2.24, 2.45) is 5.73 Å². The molecule has 0 unspecified atom stereocenters. The fraction of sp³-hybridized carbons (Fsp3) is 0.588. The molecule has 1 aromatic carbocycles. The Kier molecular flexibility index (Phi) is 6.42. The molecule has 8 heteroatoms. The van der Waals surface area contributed by atoms with Gasteiger partial charge in [0.2, 0.25) is 10.0 Å². The number of nitrogens with one attached hydrogen (secondary N) is 2. The van der Waals surface area contributed by atoms with Crippen LogP contribution in [-0.4, -0.2) is 39.6 Å². The fourth-order valence-electron chi connectivity index (χ4n) is 2.93. The van der Waals surface area contributed by atoms with E-state index in [1.807, 2.05) is 0 Å². The number of rotatable bonds is 6. The highest BCUT2D eigenvalue weighted by molar-refractivity contribution is 7.89. The predicted octanol–water partition coefficient (Wildman–Crippen LogP) is 1.38. The molecule has 1 fully saturated rings. The smallest absolute Gasteiger partial charge is 0.251 e. The van der Waals surface area contributed by atoms with Gasteiger partial charge in [-0.3, -0.25) is 4.79 Å². The van der Waals surface area contributed by atoms with Crippen LogP contribution >= 0.6 is 0 Å². The van der Waals surface area contributed by atoms with Crippen molar-refractivity contribution in [1.29, 1.82) is 0 Å². The first kappa shape index (κ1) is 19.7. The summed E-state index contributed by atoms with van der Waals surface area (Å²) in [6.07, 6.45) is 3.43. The number of carbonyl (C=O) groups excluding carboxylic acids is 1. The van der Waals surface area contributed by atoms with E-state index in [2.05, 4.69) is 10.0 Å². The van der Waals surface area contributed by atoms with E-state index in [-0.39, 0.29) is 34.7 Å². The maximum absolute atomic E-state index is 12.5. The van der Waals surface area contributed by atoms with Crippen molar-refractivity contribution < 1.29 is 17.9 Å². The van der Waals surface area contributed by atoms with Gasteiger partial charge in [-0.15, -0.1) is 0 Å². The molecule has 7 nitrogen and oxygen atoms in total. The number of methoxy groups -OCH3 is 1. The summed E-state index contributed by atoms with van der Waals surface area (Å²) in [4.78, 5) is 12.5. The Morgan fingerprint density at radius 2 is 1.88 bits per heavy atom. The molecular weight excluding hydrogens is 342 g/mol. The van der Waals surface area contributed by atoms with E-state index in [1.54, 1.807) is 19.9 Å². The van der Waals surface area contributed by atoms with E-state index in [0.717, 1.165) is 25.7 Å². The highest BCUT2D eigenvalue weighted by Gasteiger charge is 2.24. The third kappa shape index (κ3) is 5.17. The zero-order chi connectivity index (χ0) is 18.6. The summed E-state index contributed by atoms with van der Waals surface area (Å²) in [5.41, 5.74) is 6.17. The van der Waals surface area contributed by atoms with Gasteiger partial charge in [0.25, 0.3) is 5.91 Å². The van der Waals surface area contributed by atoms with Crippen molar-refractivity contribution in [3.63, 3.8) is 0 Å². The summed E-state index contributed by atoms with van der Waals surface area (Å²) in [7, 11) is -2.37. The summed E-state index contributed by atoms with van der Waals surface area (Å²) in [5.74, 6) is -0.0857. The number of hydrogen-bond donors (Lipinski definition) is 3. The molecule has 1 aromatic rings. The highest BCUT2D eigenvalue weighted by Crippen LogP contribution is 2.25. The Hall–Kier alpha value is -1.64. The van der Waals surface area contributed by atoms with Gasteiger partial charge >= 0.3 is 0 Å². The average molecular weight is 369 g/mol. The van der Waals surface area contributed by atoms with Gasteiger partial charge in [0.1, 0.15) is 10.6 Å². The summed E-state index contributed by atoms with van der Waals surface area (Å²) in [5, 5.41) is 2.96. The maximum Gasteiger partial charge on any atom is 0.251 e. The normalized spacial score (nSPS) is 21.2. The first-order valence-corrected chi connectivity index (χ1v) is 9.98. The van der Waals surface area contributed by atoms with Crippen molar-refractivity contribution in [3.8, 4) is 5.75 Å². The van der Waals surface area contributed by atoms with Gasteiger partial charge in [0, 0.05) is 23.7 Å².